The van der Waals surface area contributed by atoms with E-state index in [-0.39, 0.29) is 0 Å². The van der Waals surface area contributed by atoms with Crippen LogP contribution in [0.25, 0.3) is 22.3 Å². The molecule has 0 unspecified atom stereocenters. The number of nitrogens with zero attached hydrogens (tertiary/aromatic N) is 2. The Morgan fingerprint density at radius 3 is 2.52 bits per heavy atom. The topological polar surface area (TPSA) is 16.8 Å². The van der Waals surface area contributed by atoms with Crippen LogP contribution >= 0.6 is 0 Å². The molecule has 3 aromatic rings. The molecule has 106 valence electrons. The van der Waals surface area contributed by atoms with Crippen molar-refractivity contribution >= 4 is 10.9 Å². The van der Waals surface area contributed by atoms with Gasteiger partial charge in [-0.25, -0.2) is 4.57 Å². The van der Waals surface area contributed by atoms with Crippen molar-refractivity contribution in [3.05, 3.63) is 59.8 Å². The molecule has 3 rings (SSSR count). The molecule has 2 aromatic carbocycles. The van der Waals surface area contributed by atoms with E-state index in [1.54, 1.807) is 0 Å². The van der Waals surface area contributed by atoms with Crippen molar-refractivity contribution in [2.45, 2.75) is 26.7 Å². The van der Waals surface area contributed by atoms with Gasteiger partial charge in [-0.2, -0.15) is 0 Å². The molecular weight excluding hydrogens is 256 g/mol. The fourth-order valence-electron chi connectivity index (χ4n) is 2.66. The summed E-state index contributed by atoms with van der Waals surface area (Å²) in [6.07, 6.45) is 2.16. The summed E-state index contributed by atoms with van der Waals surface area (Å²) < 4.78 is 2.11. The van der Waals surface area contributed by atoms with Gasteiger partial charge in [0.05, 0.1) is 18.0 Å². The molecule has 0 bridgehead atoms. The molecule has 0 amide bonds. The maximum absolute atomic E-state index is 4.91. The van der Waals surface area contributed by atoms with Gasteiger partial charge in [-0.15, -0.1) is 0 Å². The Morgan fingerprint density at radius 2 is 1.81 bits per heavy atom. The normalized spacial score (nSPS) is 11.3. The van der Waals surface area contributed by atoms with E-state index in [4.69, 9.17) is 4.98 Å². The molecule has 1 aromatic heterocycles. The second-order valence-electron chi connectivity index (χ2n) is 5.96. The van der Waals surface area contributed by atoms with E-state index >= 15 is 0 Å². The summed E-state index contributed by atoms with van der Waals surface area (Å²) in [5.74, 6) is 1.54. The molecule has 0 saturated heterocycles. The molecule has 0 fully saturated rings. The standard InChI is InChI=1S/C19H21N2/c1-13(2)15-9-10-16-12-21(4)19(20-18(16)11-15)17-8-6-5-7-14(17)3/h5-13H,1-4H3/q+1. The summed E-state index contributed by atoms with van der Waals surface area (Å²) >= 11 is 0. The van der Waals surface area contributed by atoms with Crippen LogP contribution in [0.4, 0.5) is 0 Å². The van der Waals surface area contributed by atoms with Gasteiger partial charge < -0.3 is 0 Å². The molecule has 0 radical (unpaired) electrons. The summed E-state index contributed by atoms with van der Waals surface area (Å²) in [5, 5.41) is 1.18. The summed E-state index contributed by atoms with van der Waals surface area (Å²) in [7, 11) is 2.06. The highest BCUT2D eigenvalue weighted by molar-refractivity contribution is 5.79. The largest absolute Gasteiger partial charge is 0.331 e. The molecule has 2 nitrogen and oxygen atoms in total. The molecule has 0 N–H and O–H groups in total. The van der Waals surface area contributed by atoms with Crippen LogP contribution in [0.2, 0.25) is 0 Å². The first-order valence-electron chi connectivity index (χ1n) is 7.42. The van der Waals surface area contributed by atoms with E-state index in [1.807, 2.05) is 0 Å². The monoisotopic (exact) mass is 277 g/mol. The van der Waals surface area contributed by atoms with Gasteiger partial charge in [0.15, 0.2) is 5.52 Å². The highest BCUT2D eigenvalue weighted by Crippen LogP contribution is 2.23. The lowest BCUT2D eigenvalue weighted by Gasteiger charge is -2.07. The summed E-state index contributed by atoms with van der Waals surface area (Å²) in [4.78, 5) is 4.91. The van der Waals surface area contributed by atoms with Crippen LogP contribution < -0.4 is 4.57 Å². The number of aromatic nitrogens is 2. The number of hydrogen-bond donors (Lipinski definition) is 0. The maximum Gasteiger partial charge on any atom is 0.331 e. The number of benzene rings is 2. The van der Waals surface area contributed by atoms with Crippen molar-refractivity contribution in [3.8, 4) is 11.4 Å². The number of aryl methyl sites for hydroxylation is 2. The van der Waals surface area contributed by atoms with Gasteiger partial charge in [0.1, 0.15) is 6.20 Å². The Hall–Kier alpha value is -2.22. The average Bonchev–Trinajstić information content (AvgIpc) is 2.47. The van der Waals surface area contributed by atoms with E-state index in [1.165, 1.54) is 22.1 Å². The molecule has 0 spiro atoms. The Morgan fingerprint density at radius 1 is 1.05 bits per heavy atom. The average molecular weight is 277 g/mol. The van der Waals surface area contributed by atoms with E-state index in [0.29, 0.717) is 5.92 Å². The lowest BCUT2D eigenvalue weighted by atomic mass is 10.0. The van der Waals surface area contributed by atoms with Gasteiger partial charge in [-0.1, -0.05) is 38.1 Å². The van der Waals surface area contributed by atoms with Crippen molar-refractivity contribution in [2.75, 3.05) is 0 Å². The SMILES string of the molecule is Cc1ccccc1-c1nc2cc(C(C)C)ccc2c[n+]1C. The highest BCUT2D eigenvalue weighted by Gasteiger charge is 2.17. The first-order chi connectivity index (χ1) is 10.1. The van der Waals surface area contributed by atoms with E-state index < -0.39 is 0 Å². The fraction of sp³-hybridized carbons (Fsp3) is 0.263. The summed E-state index contributed by atoms with van der Waals surface area (Å²) in [6, 6.07) is 15.0. The fourth-order valence-corrected chi connectivity index (χ4v) is 2.66. The van der Waals surface area contributed by atoms with Crippen LogP contribution in [0.5, 0.6) is 0 Å². The lowest BCUT2D eigenvalue weighted by Crippen LogP contribution is -2.32. The van der Waals surface area contributed by atoms with Crippen LogP contribution in [0, 0.1) is 6.92 Å². The third-order valence-electron chi connectivity index (χ3n) is 4.00. The molecule has 0 aliphatic heterocycles. The zero-order valence-corrected chi connectivity index (χ0v) is 13.1. The Balaban J connectivity index is 2.24. The van der Waals surface area contributed by atoms with Crippen LogP contribution in [0.15, 0.2) is 48.7 Å². The van der Waals surface area contributed by atoms with E-state index in [2.05, 4.69) is 81.0 Å². The quantitative estimate of drug-likeness (QED) is 0.643. The molecule has 0 aliphatic rings. The second kappa shape index (κ2) is 5.28. The van der Waals surface area contributed by atoms with Gasteiger partial charge in [-0.3, -0.25) is 0 Å². The Bertz CT molecular complexity index is 804. The molecule has 0 aliphatic carbocycles. The maximum atomic E-state index is 4.91. The van der Waals surface area contributed by atoms with Crippen LogP contribution in [-0.2, 0) is 7.05 Å². The second-order valence-corrected chi connectivity index (χ2v) is 5.96. The molecule has 0 atom stereocenters. The van der Waals surface area contributed by atoms with Crippen molar-refractivity contribution in [1.82, 2.24) is 4.98 Å². The Kier molecular flexibility index (Phi) is 3.46. The minimum atomic E-state index is 0.520. The van der Waals surface area contributed by atoms with Crippen LogP contribution in [0.3, 0.4) is 0 Å². The number of fused-ring (bicyclic) bond motifs is 1. The predicted octanol–water partition coefficient (Wildman–Crippen LogP) is 4.16. The first-order valence-corrected chi connectivity index (χ1v) is 7.42. The van der Waals surface area contributed by atoms with Gasteiger partial charge >= 0.3 is 5.82 Å². The van der Waals surface area contributed by atoms with Crippen molar-refractivity contribution in [3.63, 3.8) is 0 Å². The Labute approximate surface area is 126 Å². The van der Waals surface area contributed by atoms with Gasteiger partial charge in [-0.05, 0) is 47.2 Å². The first kappa shape index (κ1) is 13.7. The van der Waals surface area contributed by atoms with Gasteiger partial charge in [0.2, 0.25) is 0 Å². The van der Waals surface area contributed by atoms with Gasteiger partial charge in [0, 0.05) is 0 Å². The molecular formula is C19H21N2+. The number of hydrogen-bond acceptors (Lipinski definition) is 1. The molecule has 2 heteroatoms. The summed E-state index contributed by atoms with van der Waals surface area (Å²) in [5.41, 5.74) is 4.84. The third kappa shape index (κ3) is 2.54. The molecule has 1 heterocycles. The van der Waals surface area contributed by atoms with Crippen molar-refractivity contribution in [1.29, 1.82) is 0 Å². The minimum absolute atomic E-state index is 0.520. The minimum Gasteiger partial charge on any atom is -0.232 e. The van der Waals surface area contributed by atoms with E-state index in [0.717, 1.165) is 11.3 Å². The predicted molar refractivity (Wildman–Crippen MR) is 87.2 cm³/mol. The highest BCUT2D eigenvalue weighted by atomic mass is 15.0. The molecule has 21 heavy (non-hydrogen) atoms. The smallest absolute Gasteiger partial charge is 0.232 e. The van der Waals surface area contributed by atoms with Crippen LogP contribution in [0.1, 0.15) is 30.9 Å². The zero-order valence-electron chi connectivity index (χ0n) is 13.1. The molecule has 0 saturated carbocycles. The van der Waals surface area contributed by atoms with Crippen molar-refractivity contribution in [2.24, 2.45) is 7.05 Å². The van der Waals surface area contributed by atoms with E-state index in [9.17, 15) is 0 Å². The number of rotatable bonds is 2. The van der Waals surface area contributed by atoms with Gasteiger partial charge in [0.25, 0.3) is 0 Å². The van der Waals surface area contributed by atoms with Crippen molar-refractivity contribution < 1.29 is 4.57 Å². The third-order valence-corrected chi connectivity index (χ3v) is 4.00. The van der Waals surface area contributed by atoms with Crippen LogP contribution in [-0.4, -0.2) is 4.98 Å². The zero-order chi connectivity index (χ0) is 15.0. The summed E-state index contributed by atoms with van der Waals surface area (Å²) in [6.45, 7) is 6.56. The lowest BCUT2D eigenvalue weighted by molar-refractivity contribution is -0.661.